The van der Waals surface area contributed by atoms with Crippen LogP contribution in [0.5, 0.6) is 0 Å². The summed E-state index contributed by atoms with van der Waals surface area (Å²) in [6.45, 7) is 6.03. The lowest BCUT2D eigenvalue weighted by atomic mass is 10.3. The quantitative estimate of drug-likeness (QED) is 0.870. The number of carboxylic acid groups (broad SMARTS) is 1. The number of carbonyl (C=O) groups is 1. The van der Waals surface area contributed by atoms with E-state index in [0.717, 1.165) is 0 Å². The van der Waals surface area contributed by atoms with Gasteiger partial charge in [-0.1, -0.05) is 18.5 Å². The van der Waals surface area contributed by atoms with Gasteiger partial charge in [0.2, 0.25) is 0 Å². The average Bonchev–Trinajstić information content (AvgIpc) is 2.55. The van der Waals surface area contributed by atoms with Gasteiger partial charge in [0, 0.05) is 22.6 Å². The average molecular weight is 293 g/mol. The van der Waals surface area contributed by atoms with Crippen LogP contribution in [0, 0.1) is 6.92 Å². The number of aliphatic carboxylic acids is 1. The van der Waals surface area contributed by atoms with Crippen LogP contribution in [0.15, 0.2) is 0 Å². The molecule has 0 saturated carbocycles. The number of aromatic nitrogens is 2. The number of nitrogens with zero attached hydrogens (tertiary/aromatic N) is 2. The van der Waals surface area contributed by atoms with E-state index in [9.17, 15) is 9.00 Å². The first-order chi connectivity index (χ1) is 8.36. The molecule has 0 spiro atoms. The molecule has 1 heterocycles. The van der Waals surface area contributed by atoms with Gasteiger partial charge in [-0.15, -0.1) is 0 Å². The van der Waals surface area contributed by atoms with Crippen molar-refractivity contribution in [1.29, 1.82) is 0 Å². The first-order valence-corrected chi connectivity index (χ1v) is 7.43. The molecule has 0 saturated heterocycles. The fraction of sp³-hybridized carbons (Fsp3) is 0.636. The standard InChI is InChI=1S/C11H17ClN2O3S/c1-4-14-9(11(12)8(3)13-14)6-18(17)7(2)5-10(15)16/h7H,4-6H2,1-3H3,(H,15,16). The van der Waals surface area contributed by atoms with Gasteiger partial charge in [0.15, 0.2) is 0 Å². The second-order valence-corrected chi connectivity index (χ2v) is 6.33. The van der Waals surface area contributed by atoms with Crippen LogP contribution in [0.4, 0.5) is 0 Å². The van der Waals surface area contributed by atoms with Crippen molar-refractivity contribution < 1.29 is 14.1 Å². The highest BCUT2D eigenvalue weighted by molar-refractivity contribution is 7.84. The first kappa shape index (κ1) is 15.2. The van der Waals surface area contributed by atoms with Gasteiger partial charge in [0.1, 0.15) is 0 Å². The van der Waals surface area contributed by atoms with Gasteiger partial charge in [-0.05, 0) is 13.8 Å². The smallest absolute Gasteiger partial charge is 0.304 e. The molecule has 0 aliphatic rings. The van der Waals surface area contributed by atoms with Crippen LogP contribution in [0.2, 0.25) is 5.02 Å². The van der Waals surface area contributed by atoms with Crippen molar-refractivity contribution in [3.63, 3.8) is 0 Å². The Morgan fingerprint density at radius 3 is 2.72 bits per heavy atom. The third-order valence-corrected chi connectivity index (χ3v) is 4.76. The molecule has 0 radical (unpaired) electrons. The van der Waals surface area contributed by atoms with Gasteiger partial charge in [-0.3, -0.25) is 13.7 Å². The van der Waals surface area contributed by atoms with Crippen molar-refractivity contribution in [3.05, 3.63) is 16.4 Å². The lowest BCUT2D eigenvalue weighted by Gasteiger charge is -2.10. The summed E-state index contributed by atoms with van der Waals surface area (Å²) in [7, 11) is -1.27. The van der Waals surface area contributed by atoms with E-state index in [1.54, 1.807) is 18.5 Å². The van der Waals surface area contributed by atoms with Crippen molar-refractivity contribution in [1.82, 2.24) is 9.78 Å². The highest BCUT2D eigenvalue weighted by Crippen LogP contribution is 2.22. The molecule has 0 aliphatic carbocycles. The SMILES string of the molecule is CCn1nc(C)c(Cl)c1CS(=O)C(C)CC(=O)O. The Kier molecular flexibility index (Phi) is 5.34. The molecule has 1 aromatic heterocycles. The van der Waals surface area contributed by atoms with Gasteiger partial charge in [0.25, 0.3) is 0 Å². The predicted molar refractivity (Wildman–Crippen MR) is 71.2 cm³/mol. The molecule has 1 aromatic rings. The fourth-order valence-corrected chi connectivity index (χ4v) is 3.08. The Morgan fingerprint density at radius 1 is 1.61 bits per heavy atom. The van der Waals surface area contributed by atoms with E-state index in [-0.39, 0.29) is 12.2 Å². The van der Waals surface area contributed by atoms with Gasteiger partial charge >= 0.3 is 5.97 Å². The second kappa shape index (κ2) is 6.33. The molecular weight excluding hydrogens is 276 g/mol. The summed E-state index contributed by atoms with van der Waals surface area (Å²) in [6.07, 6.45) is -0.108. The van der Waals surface area contributed by atoms with Crippen LogP contribution in [0.3, 0.4) is 0 Å². The summed E-state index contributed by atoms with van der Waals surface area (Å²) in [5, 5.41) is 13.0. The molecular formula is C11H17ClN2O3S. The third-order valence-electron chi connectivity index (χ3n) is 2.64. The van der Waals surface area contributed by atoms with Crippen molar-refractivity contribution in [2.75, 3.05) is 0 Å². The van der Waals surface area contributed by atoms with Crippen molar-refractivity contribution >= 4 is 28.4 Å². The minimum atomic E-state index is -1.27. The van der Waals surface area contributed by atoms with E-state index in [1.165, 1.54) is 0 Å². The highest BCUT2D eigenvalue weighted by Gasteiger charge is 2.20. The molecule has 0 aliphatic heterocycles. The molecule has 18 heavy (non-hydrogen) atoms. The number of rotatable bonds is 6. The van der Waals surface area contributed by atoms with Crippen LogP contribution < -0.4 is 0 Å². The number of hydrogen-bond donors (Lipinski definition) is 1. The fourth-order valence-electron chi connectivity index (χ4n) is 1.62. The van der Waals surface area contributed by atoms with Crippen LogP contribution in [0.1, 0.15) is 31.7 Å². The monoisotopic (exact) mass is 292 g/mol. The van der Waals surface area contributed by atoms with E-state index >= 15 is 0 Å². The van der Waals surface area contributed by atoms with E-state index in [4.69, 9.17) is 16.7 Å². The van der Waals surface area contributed by atoms with E-state index in [0.29, 0.717) is 23.0 Å². The first-order valence-electron chi connectivity index (χ1n) is 5.67. The third kappa shape index (κ3) is 3.55. The summed E-state index contributed by atoms with van der Waals surface area (Å²) in [5.41, 5.74) is 1.42. The van der Waals surface area contributed by atoms with Gasteiger partial charge in [0.05, 0.1) is 28.6 Å². The lowest BCUT2D eigenvalue weighted by Crippen LogP contribution is -2.18. The maximum absolute atomic E-state index is 12.0. The van der Waals surface area contributed by atoms with E-state index < -0.39 is 22.0 Å². The molecule has 7 heteroatoms. The normalized spacial score (nSPS) is 14.4. The summed E-state index contributed by atoms with van der Waals surface area (Å²) < 4.78 is 13.7. The number of carboxylic acids is 1. The van der Waals surface area contributed by atoms with Crippen LogP contribution in [-0.4, -0.2) is 30.3 Å². The Hall–Kier alpha value is -0.880. The Balaban J connectivity index is 2.84. The zero-order valence-electron chi connectivity index (χ0n) is 10.6. The van der Waals surface area contributed by atoms with Gasteiger partial charge in [-0.25, -0.2) is 0 Å². The summed E-state index contributed by atoms with van der Waals surface area (Å²) in [6, 6.07) is 0. The van der Waals surface area contributed by atoms with E-state index in [1.807, 2.05) is 6.92 Å². The summed E-state index contributed by atoms with van der Waals surface area (Å²) >= 11 is 6.11. The highest BCUT2D eigenvalue weighted by atomic mass is 35.5. The molecule has 1 rings (SSSR count). The summed E-state index contributed by atoms with van der Waals surface area (Å²) in [4.78, 5) is 10.6. The maximum atomic E-state index is 12.0. The topological polar surface area (TPSA) is 72.2 Å². The molecule has 0 amide bonds. The minimum absolute atomic E-state index is 0.108. The van der Waals surface area contributed by atoms with Gasteiger partial charge < -0.3 is 5.11 Å². The predicted octanol–water partition coefficient (Wildman–Crippen LogP) is 1.98. The maximum Gasteiger partial charge on any atom is 0.304 e. The second-order valence-electron chi connectivity index (χ2n) is 4.10. The van der Waals surface area contributed by atoms with Crippen LogP contribution in [-0.2, 0) is 27.9 Å². The molecule has 0 bridgehead atoms. The van der Waals surface area contributed by atoms with Crippen LogP contribution >= 0.6 is 11.6 Å². The largest absolute Gasteiger partial charge is 0.481 e. The molecule has 5 nitrogen and oxygen atoms in total. The van der Waals surface area contributed by atoms with Crippen molar-refractivity contribution in [2.24, 2.45) is 0 Å². The Bertz CT molecular complexity index is 473. The zero-order valence-corrected chi connectivity index (χ0v) is 12.2. The Morgan fingerprint density at radius 2 is 2.22 bits per heavy atom. The molecule has 2 unspecified atom stereocenters. The molecule has 0 fully saturated rings. The van der Waals surface area contributed by atoms with Crippen molar-refractivity contribution in [3.8, 4) is 0 Å². The molecule has 1 N–H and O–H groups in total. The number of hydrogen-bond acceptors (Lipinski definition) is 3. The van der Waals surface area contributed by atoms with E-state index in [2.05, 4.69) is 5.10 Å². The van der Waals surface area contributed by atoms with Gasteiger partial charge in [-0.2, -0.15) is 5.10 Å². The van der Waals surface area contributed by atoms with Crippen molar-refractivity contribution in [2.45, 2.75) is 44.7 Å². The zero-order chi connectivity index (χ0) is 13.9. The summed E-state index contributed by atoms with van der Waals surface area (Å²) in [5.74, 6) is -0.704. The lowest BCUT2D eigenvalue weighted by molar-refractivity contribution is -0.136. The van der Waals surface area contributed by atoms with Crippen LogP contribution in [0.25, 0.3) is 0 Å². The molecule has 2 atom stereocenters. The number of aryl methyl sites for hydroxylation is 2. The number of halogens is 1. The molecule has 0 aromatic carbocycles. The Labute approximate surface area is 114 Å². The molecule has 102 valence electrons. The minimum Gasteiger partial charge on any atom is -0.481 e.